The molecule has 1 saturated heterocycles. The molecule has 1 aliphatic rings. The van der Waals surface area contributed by atoms with E-state index >= 15 is 0 Å². The lowest BCUT2D eigenvalue weighted by Gasteiger charge is -2.25. The first-order valence-corrected chi connectivity index (χ1v) is 6.05. The number of nitrogens with zero attached hydrogens (tertiary/aromatic N) is 1. The molecule has 1 aliphatic heterocycles. The third kappa shape index (κ3) is 3.58. The molecule has 14 heavy (non-hydrogen) atoms. The zero-order valence-electron chi connectivity index (χ0n) is 9.87. The van der Waals surface area contributed by atoms with Crippen molar-refractivity contribution in [3.63, 3.8) is 0 Å². The molecule has 0 bridgehead atoms. The molecule has 1 rings (SSSR count). The fraction of sp³-hybridized carbons (Fsp3) is 1.00. The fourth-order valence-electron chi connectivity index (χ4n) is 2.39. The van der Waals surface area contributed by atoms with Crippen molar-refractivity contribution in [1.29, 1.82) is 0 Å². The van der Waals surface area contributed by atoms with Gasteiger partial charge in [0.25, 0.3) is 0 Å². The van der Waals surface area contributed by atoms with Crippen molar-refractivity contribution >= 4 is 0 Å². The first-order valence-electron chi connectivity index (χ1n) is 6.05. The third-order valence-corrected chi connectivity index (χ3v) is 3.00. The first-order chi connectivity index (χ1) is 6.63. The molecule has 2 atom stereocenters. The van der Waals surface area contributed by atoms with E-state index in [-0.39, 0.29) is 6.10 Å². The molecule has 2 heteroatoms. The number of rotatable bonds is 5. The van der Waals surface area contributed by atoms with Crippen molar-refractivity contribution < 1.29 is 5.11 Å². The van der Waals surface area contributed by atoms with Gasteiger partial charge in [-0.2, -0.15) is 0 Å². The van der Waals surface area contributed by atoms with Crippen molar-refractivity contribution in [3.8, 4) is 0 Å². The molecule has 0 aromatic carbocycles. The predicted molar refractivity (Wildman–Crippen MR) is 60.3 cm³/mol. The van der Waals surface area contributed by atoms with Crippen molar-refractivity contribution in [2.75, 3.05) is 13.1 Å². The summed E-state index contributed by atoms with van der Waals surface area (Å²) < 4.78 is 0. The van der Waals surface area contributed by atoms with Crippen LogP contribution in [0.1, 0.15) is 46.5 Å². The summed E-state index contributed by atoms with van der Waals surface area (Å²) >= 11 is 0. The van der Waals surface area contributed by atoms with Crippen LogP contribution in [-0.4, -0.2) is 35.2 Å². The summed E-state index contributed by atoms with van der Waals surface area (Å²) in [5, 5.41) is 9.64. The van der Waals surface area contributed by atoms with Gasteiger partial charge in [0.15, 0.2) is 0 Å². The van der Waals surface area contributed by atoms with Gasteiger partial charge in [0.05, 0.1) is 6.10 Å². The van der Waals surface area contributed by atoms with Gasteiger partial charge >= 0.3 is 0 Å². The highest BCUT2D eigenvalue weighted by Crippen LogP contribution is 2.23. The number of hydrogen-bond donors (Lipinski definition) is 1. The van der Waals surface area contributed by atoms with Gasteiger partial charge in [-0.05, 0) is 18.8 Å². The average Bonchev–Trinajstić information content (AvgIpc) is 2.41. The van der Waals surface area contributed by atoms with Gasteiger partial charge in [0.1, 0.15) is 0 Å². The Morgan fingerprint density at radius 1 is 1.43 bits per heavy atom. The topological polar surface area (TPSA) is 23.5 Å². The lowest BCUT2D eigenvalue weighted by molar-refractivity contribution is 0.168. The molecule has 2 nitrogen and oxygen atoms in total. The minimum atomic E-state index is -0.0735. The quantitative estimate of drug-likeness (QED) is 0.734. The standard InChI is InChI=1S/C12H25NO/c1-4-5-6-11-7-12(14)9-13(11)8-10(2)3/h10-12,14H,4-9H2,1-3H3. The van der Waals surface area contributed by atoms with E-state index in [1.165, 1.54) is 19.3 Å². The van der Waals surface area contributed by atoms with E-state index < -0.39 is 0 Å². The van der Waals surface area contributed by atoms with Gasteiger partial charge in [0, 0.05) is 19.1 Å². The van der Waals surface area contributed by atoms with Gasteiger partial charge in [0.2, 0.25) is 0 Å². The lowest BCUT2D eigenvalue weighted by Crippen LogP contribution is -2.33. The maximum absolute atomic E-state index is 9.64. The minimum Gasteiger partial charge on any atom is -0.392 e. The summed E-state index contributed by atoms with van der Waals surface area (Å²) in [5.74, 6) is 0.712. The Labute approximate surface area is 88.3 Å². The number of unbranched alkanes of at least 4 members (excludes halogenated alkanes) is 1. The van der Waals surface area contributed by atoms with Gasteiger partial charge in [-0.1, -0.05) is 33.6 Å². The van der Waals surface area contributed by atoms with Crippen LogP contribution in [-0.2, 0) is 0 Å². The summed E-state index contributed by atoms with van der Waals surface area (Å²) in [5.41, 5.74) is 0. The molecular formula is C12H25NO. The Morgan fingerprint density at radius 3 is 2.71 bits per heavy atom. The monoisotopic (exact) mass is 199 g/mol. The Kier molecular flexibility index (Phi) is 4.90. The van der Waals surface area contributed by atoms with Crippen molar-refractivity contribution in [3.05, 3.63) is 0 Å². The van der Waals surface area contributed by atoms with Crippen LogP contribution in [0.5, 0.6) is 0 Å². The Hall–Kier alpha value is -0.0800. The highest BCUT2D eigenvalue weighted by Gasteiger charge is 2.30. The second kappa shape index (κ2) is 5.72. The molecule has 0 saturated carbocycles. The van der Waals surface area contributed by atoms with Crippen molar-refractivity contribution in [1.82, 2.24) is 4.90 Å². The van der Waals surface area contributed by atoms with E-state index in [0.29, 0.717) is 12.0 Å². The Balaban J connectivity index is 2.37. The Morgan fingerprint density at radius 2 is 2.14 bits per heavy atom. The molecule has 84 valence electrons. The van der Waals surface area contributed by atoms with E-state index in [1.807, 2.05) is 0 Å². The van der Waals surface area contributed by atoms with Crippen molar-refractivity contribution in [2.45, 2.75) is 58.6 Å². The summed E-state index contributed by atoms with van der Waals surface area (Å²) in [6.45, 7) is 8.78. The van der Waals surface area contributed by atoms with Gasteiger partial charge in [-0.15, -0.1) is 0 Å². The summed E-state index contributed by atoms with van der Waals surface area (Å²) in [4.78, 5) is 2.48. The van der Waals surface area contributed by atoms with Crippen LogP contribution in [0.2, 0.25) is 0 Å². The van der Waals surface area contributed by atoms with Crippen LogP contribution in [0.25, 0.3) is 0 Å². The number of aliphatic hydroxyl groups excluding tert-OH is 1. The van der Waals surface area contributed by atoms with Crippen molar-refractivity contribution in [2.24, 2.45) is 5.92 Å². The van der Waals surface area contributed by atoms with Crippen LogP contribution in [0.15, 0.2) is 0 Å². The zero-order chi connectivity index (χ0) is 10.6. The van der Waals surface area contributed by atoms with E-state index in [9.17, 15) is 5.11 Å². The summed E-state index contributed by atoms with van der Waals surface area (Å²) in [6.07, 6.45) is 4.75. The highest BCUT2D eigenvalue weighted by molar-refractivity contribution is 4.85. The second-order valence-electron chi connectivity index (χ2n) is 5.03. The zero-order valence-corrected chi connectivity index (χ0v) is 9.87. The average molecular weight is 199 g/mol. The van der Waals surface area contributed by atoms with Gasteiger partial charge in [-0.3, -0.25) is 4.90 Å². The van der Waals surface area contributed by atoms with E-state index in [4.69, 9.17) is 0 Å². The number of hydrogen-bond acceptors (Lipinski definition) is 2. The van der Waals surface area contributed by atoms with E-state index in [1.54, 1.807) is 0 Å². The SMILES string of the molecule is CCCCC1CC(O)CN1CC(C)C. The number of β-amino-alcohol motifs (C(OH)–C–C–N with tert-alkyl or cyclic N) is 1. The van der Waals surface area contributed by atoms with Gasteiger partial charge < -0.3 is 5.11 Å². The third-order valence-electron chi connectivity index (χ3n) is 3.00. The molecule has 1 N–H and O–H groups in total. The molecule has 0 radical (unpaired) electrons. The Bertz CT molecular complexity index is 158. The summed E-state index contributed by atoms with van der Waals surface area (Å²) in [7, 11) is 0. The van der Waals surface area contributed by atoms with Crippen LogP contribution >= 0.6 is 0 Å². The largest absolute Gasteiger partial charge is 0.392 e. The van der Waals surface area contributed by atoms with E-state index in [2.05, 4.69) is 25.7 Å². The lowest BCUT2D eigenvalue weighted by atomic mass is 10.1. The maximum atomic E-state index is 9.64. The highest BCUT2D eigenvalue weighted by atomic mass is 16.3. The molecular weight excluding hydrogens is 174 g/mol. The number of likely N-dealkylation sites (tertiary alicyclic amines) is 1. The molecule has 0 aliphatic carbocycles. The fourth-order valence-corrected chi connectivity index (χ4v) is 2.39. The van der Waals surface area contributed by atoms with E-state index in [0.717, 1.165) is 19.5 Å². The number of aliphatic hydroxyl groups is 1. The second-order valence-corrected chi connectivity index (χ2v) is 5.03. The summed E-state index contributed by atoms with van der Waals surface area (Å²) in [6, 6.07) is 0.646. The maximum Gasteiger partial charge on any atom is 0.0682 e. The van der Waals surface area contributed by atoms with Gasteiger partial charge in [-0.25, -0.2) is 0 Å². The van der Waals surface area contributed by atoms with Crippen LogP contribution in [0.4, 0.5) is 0 Å². The molecule has 1 fully saturated rings. The van der Waals surface area contributed by atoms with Crippen LogP contribution in [0.3, 0.4) is 0 Å². The minimum absolute atomic E-state index is 0.0735. The van der Waals surface area contributed by atoms with Crippen LogP contribution < -0.4 is 0 Å². The first kappa shape index (κ1) is 12.0. The molecule has 0 spiro atoms. The molecule has 1 heterocycles. The smallest absolute Gasteiger partial charge is 0.0682 e. The molecule has 0 amide bonds. The molecule has 0 aromatic heterocycles. The predicted octanol–water partition coefficient (Wildman–Crippen LogP) is 2.27. The normalized spacial score (nSPS) is 28.9. The van der Waals surface area contributed by atoms with Crippen LogP contribution in [0, 0.1) is 5.92 Å². The molecule has 0 aromatic rings. The molecule has 2 unspecified atom stereocenters.